The van der Waals surface area contributed by atoms with Crippen LogP contribution in [0, 0.1) is 23.7 Å². The topological polar surface area (TPSA) is 55.1 Å². The summed E-state index contributed by atoms with van der Waals surface area (Å²) in [5.41, 5.74) is 10.8. The molecule has 4 aliphatic carbocycles. The van der Waals surface area contributed by atoms with E-state index in [1.54, 1.807) is 0 Å². The summed E-state index contributed by atoms with van der Waals surface area (Å²) in [4.78, 5) is 13.2. The Kier molecular flexibility index (Phi) is 5.65. The van der Waals surface area contributed by atoms with E-state index in [1.807, 2.05) is 0 Å². The molecule has 33 heavy (non-hydrogen) atoms. The number of carbonyl (C=O) groups excluding carboxylic acids is 1. The van der Waals surface area contributed by atoms with E-state index >= 15 is 0 Å². The molecule has 4 aliphatic rings. The first kappa shape index (κ1) is 21.9. The van der Waals surface area contributed by atoms with Gasteiger partial charge in [0.05, 0.1) is 5.92 Å². The van der Waals surface area contributed by atoms with Crippen molar-refractivity contribution < 1.29 is 4.79 Å². The van der Waals surface area contributed by atoms with Gasteiger partial charge < -0.3 is 11.1 Å². The van der Waals surface area contributed by atoms with Gasteiger partial charge >= 0.3 is 0 Å². The highest BCUT2D eigenvalue weighted by atomic mass is 79.9. The SMILES string of the molecule is N[C@@]12CCC(C3CCC(c4ccccc4)CC3)C[C@@H]1[C@H]2C(=O)NC1Cc2ccc(Br)cc2C1. The highest BCUT2D eigenvalue weighted by molar-refractivity contribution is 9.10. The van der Waals surface area contributed by atoms with Crippen molar-refractivity contribution in [2.75, 3.05) is 0 Å². The molecule has 0 spiro atoms. The third kappa shape index (κ3) is 4.08. The smallest absolute Gasteiger partial charge is 0.225 e. The number of rotatable bonds is 4. The standard InChI is InChI=1S/C29H35BrN2O/c30-24-11-10-21-15-25(16-23(21)14-24)32-28(33)27-26-17-22(12-13-29(26,27)31)20-8-6-19(7-9-20)18-4-2-1-3-5-18/h1-5,10-11,14,19-20,22,25-27H,6-9,12-13,15-17,31H2,(H,32,33)/t19?,20?,22?,25?,26-,27+,29+/m1/s1. The molecule has 0 aliphatic heterocycles. The summed E-state index contributed by atoms with van der Waals surface area (Å²) in [5, 5.41) is 3.37. The Morgan fingerprint density at radius 3 is 2.48 bits per heavy atom. The van der Waals surface area contributed by atoms with E-state index in [2.05, 4.69) is 69.8 Å². The summed E-state index contributed by atoms with van der Waals surface area (Å²) < 4.78 is 1.12. The van der Waals surface area contributed by atoms with Crippen LogP contribution in [0.5, 0.6) is 0 Å². The summed E-state index contributed by atoms with van der Waals surface area (Å²) in [7, 11) is 0. The van der Waals surface area contributed by atoms with E-state index in [0.717, 1.165) is 47.9 Å². The molecule has 2 unspecified atom stereocenters. The van der Waals surface area contributed by atoms with Crippen LogP contribution in [0.2, 0.25) is 0 Å². The molecule has 1 amide bonds. The Bertz CT molecular complexity index is 1030. The predicted molar refractivity (Wildman–Crippen MR) is 136 cm³/mol. The lowest BCUT2D eigenvalue weighted by atomic mass is 9.69. The molecule has 174 valence electrons. The van der Waals surface area contributed by atoms with Crippen molar-refractivity contribution in [3.05, 3.63) is 69.7 Å². The molecule has 0 radical (unpaired) electrons. The van der Waals surface area contributed by atoms with Crippen molar-refractivity contribution in [1.29, 1.82) is 0 Å². The molecule has 3 N–H and O–H groups in total. The molecule has 4 heteroatoms. The lowest BCUT2D eigenvalue weighted by molar-refractivity contribution is -0.123. The van der Waals surface area contributed by atoms with Gasteiger partial charge in [-0.05, 0) is 110 Å². The van der Waals surface area contributed by atoms with Gasteiger partial charge in [-0.2, -0.15) is 0 Å². The first-order valence-corrected chi connectivity index (χ1v) is 13.7. The van der Waals surface area contributed by atoms with E-state index < -0.39 is 0 Å². The minimum atomic E-state index is -0.240. The molecule has 3 saturated carbocycles. The third-order valence-electron chi connectivity index (χ3n) is 9.51. The van der Waals surface area contributed by atoms with Crippen molar-refractivity contribution in [2.45, 2.75) is 75.3 Å². The summed E-state index contributed by atoms with van der Waals surface area (Å²) >= 11 is 3.57. The second-order valence-corrected chi connectivity index (χ2v) is 12.2. The first-order valence-electron chi connectivity index (χ1n) is 12.9. The van der Waals surface area contributed by atoms with Crippen LogP contribution in [0.3, 0.4) is 0 Å². The zero-order valence-corrected chi connectivity index (χ0v) is 20.9. The number of fused-ring (bicyclic) bond motifs is 2. The Hall–Kier alpha value is -1.65. The van der Waals surface area contributed by atoms with Gasteiger partial charge in [0.2, 0.25) is 5.91 Å². The first-order chi connectivity index (χ1) is 16.0. The molecule has 0 bridgehead atoms. The molecule has 2 aromatic carbocycles. The number of carbonyl (C=O) groups is 1. The van der Waals surface area contributed by atoms with E-state index in [-0.39, 0.29) is 23.4 Å². The lowest BCUT2D eigenvalue weighted by Crippen LogP contribution is -2.40. The summed E-state index contributed by atoms with van der Waals surface area (Å²) in [5.74, 6) is 2.94. The van der Waals surface area contributed by atoms with E-state index in [9.17, 15) is 4.79 Å². The van der Waals surface area contributed by atoms with Gasteiger partial charge in [-0.3, -0.25) is 4.79 Å². The van der Waals surface area contributed by atoms with Crippen LogP contribution >= 0.6 is 15.9 Å². The minimum absolute atomic E-state index is 0.0265. The maximum Gasteiger partial charge on any atom is 0.225 e. The molecular formula is C29H35BrN2O. The van der Waals surface area contributed by atoms with Crippen molar-refractivity contribution >= 4 is 21.8 Å². The fourth-order valence-electron chi connectivity index (χ4n) is 7.60. The summed E-state index contributed by atoms with van der Waals surface area (Å²) in [6, 6.07) is 17.7. The second kappa shape index (κ2) is 8.53. The summed E-state index contributed by atoms with van der Waals surface area (Å²) in [6.07, 6.45) is 10.6. The van der Waals surface area contributed by atoms with Crippen molar-refractivity contribution in [2.24, 2.45) is 29.4 Å². The van der Waals surface area contributed by atoms with Gasteiger partial charge in [-0.25, -0.2) is 0 Å². The highest BCUT2D eigenvalue weighted by Crippen LogP contribution is 2.60. The largest absolute Gasteiger partial charge is 0.352 e. The average molecular weight is 508 g/mol. The second-order valence-electron chi connectivity index (χ2n) is 11.3. The van der Waals surface area contributed by atoms with Crippen molar-refractivity contribution in [3.63, 3.8) is 0 Å². The molecule has 3 nitrogen and oxygen atoms in total. The van der Waals surface area contributed by atoms with Crippen LogP contribution in [-0.4, -0.2) is 17.5 Å². The summed E-state index contributed by atoms with van der Waals surface area (Å²) in [6.45, 7) is 0. The minimum Gasteiger partial charge on any atom is -0.352 e. The Balaban J connectivity index is 1.03. The van der Waals surface area contributed by atoms with Gasteiger partial charge in [0.15, 0.2) is 0 Å². The van der Waals surface area contributed by atoms with Crippen molar-refractivity contribution in [1.82, 2.24) is 5.32 Å². The number of hydrogen-bond acceptors (Lipinski definition) is 2. The predicted octanol–water partition coefficient (Wildman–Crippen LogP) is 5.75. The van der Waals surface area contributed by atoms with Gasteiger partial charge in [0.1, 0.15) is 0 Å². The fraction of sp³-hybridized carbons (Fsp3) is 0.552. The number of nitrogens with one attached hydrogen (secondary N) is 1. The quantitative estimate of drug-likeness (QED) is 0.554. The van der Waals surface area contributed by atoms with Crippen LogP contribution < -0.4 is 11.1 Å². The Labute approximate surface area is 206 Å². The third-order valence-corrected chi connectivity index (χ3v) is 10.00. The average Bonchev–Trinajstić information content (AvgIpc) is 3.26. The molecule has 2 aromatic rings. The van der Waals surface area contributed by atoms with Crippen LogP contribution in [0.15, 0.2) is 53.0 Å². The highest BCUT2D eigenvalue weighted by Gasteiger charge is 2.67. The number of nitrogens with two attached hydrogens (primary N) is 1. The van der Waals surface area contributed by atoms with Gasteiger partial charge in [-0.15, -0.1) is 0 Å². The molecule has 0 aromatic heterocycles. The normalized spacial score (nSPS) is 37.2. The molecule has 3 fully saturated rings. The van der Waals surface area contributed by atoms with Gasteiger partial charge in [0, 0.05) is 16.1 Å². The van der Waals surface area contributed by atoms with E-state index in [1.165, 1.54) is 48.8 Å². The van der Waals surface area contributed by atoms with Gasteiger partial charge in [-0.1, -0.05) is 52.3 Å². The number of halogens is 1. The zero-order valence-electron chi connectivity index (χ0n) is 19.3. The zero-order chi connectivity index (χ0) is 22.6. The van der Waals surface area contributed by atoms with Crippen LogP contribution in [0.1, 0.15) is 67.6 Å². The Morgan fingerprint density at radius 1 is 0.939 bits per heavy atom. The lowest BCUT2D eigenvalue weighted by Gasteiger charge is -2.37. The van der Waals surface area contributed by atoms with Crippen LogP contribution in [0.4, 0.5) is 0 Å². The van der Waals surface area contributed by atoms with E-state index in [4.69, 9.17) is 5.73 Å². The fourth-order valence-corrected chi connectivity index (χ4v) is 8.01. The molecule has 0 saturated heterocycles. The Morgan fingerprint density at radius 2 is 1.70 bits per heavy atom. The monoisotopic (exact) mass is 506 g/mol. The molecule has 0 heterocycles. The van der Waals surface area contributed by atoms with Crippen LogP contribution in [0.25, 0.3) is 0 Å². The number of hydrogen-bond donors (Lipinski definition) is 2. The molecule has 6 rings (SSSR count). The van der Waals surface area contributed by atoms with Gasteiger partial charge in [0.25, 0.3) is 0 Å². The number of benzene rings is 2. The number of amides is 1. The van der Waals surface area contributed by atoms with Crippen molar-refractivity contribution in [3.8, 4) is 0 Å². The maximum absolute atomic E-state index is 13.2. The molecule has 5 atom stereocenters. The molecular weight excluding hydrogens is 472 g/mol. The van der Waals surface area contributed by atoms with Crippen LogP contribution in [-0.2, 0) is 17.6 Å². The maximum atomic E-state index is 13.2. The van der Waals surface area contributed by atoms with E-state index in [0.29, 0.717) is 5.92 Å².